The van der Waals surface area contributed by atoms with Crippen LogP contribution < -0.4 is 21.3 Å². The lowest BCUT2D eigenvalue weighted by Crippen LogP contribution is -2.41. The molecular formula is C22H22N6O3S. The van der Waals surface area contributed by atoms with E-state index in [0.29, 0.717) is 36.2 Å². The summed E-state index contributed by atoms with van der Waals surface area (Å²) in [5.74, 6) is 0.884. The highest BCUT2D eigenvalue weighted by molar-refractivity contribution is 7.98. The predicted molar refractivity (Wildman–Crippen MR) is 126 cm³/mol. The zero-order chi connectivity index (χ0) is 22.5. The van der Waals surface area contributed by atoms with Gasteiger partial charge in [0.25, 0.3) is 5.91 Å². The fraction of sp³-hybridized carbons (Fsp3) is 0.182. The molecule has 1 aliphatic rings. The minimum atomic E-state index is -0.377. The molecule has 0 aliphatic carbocycles. The molecule has 4 N–H and O–H groups in total. The molecule has 1 aromatic heterocycles. The van der Waals surface area contributed by atoms with Crippen LogP contribution in [-0.4, -0.2) is 47.9 Å². The van der Waals surface area contributed by atoms with E-state index in [9.17, 15) is 9.59 Å². The number of nitrogens with two attached hydrogens (primary N) is 1. The quantitative estimate of drug-likeness (QED) is 0.509. The molecule has 2 heterocycles. The fourth-order valence-corrected chi connectivity index (χ4v) is 3.61. The number of carbonyl (C=O) groups excluding carboxylic acids is 2. The Morgan fingerprint density at radius 1 is 1.09 bits per heavy atom. The van der Waals surface area contributed by atoms with E-state index in [-0.39, 0.29) is 18.5 Å². The number of amides is 3. The van der Waals surface area contributed by atoms with E-state index in [0.717, 1.165) is 16.1 Å². The first-order valence-electron chi connectivity index (χ1n) is 9.86. The van der Waals surface area contributed by atoms with Gasteiger partial charge in [0.1, 0.15) is 12.4 Å². The number of nitrogens with one attached hydrogen (secondary N) is 2. The molecule has 9 nitrogen and oxygen atoms in total. The molecule has 164 valence electrons. The van der Waals surface area contributed by atoms with Crippen LogP contribution in [0.15, 0.2) is 59.6 Å². The van der Waals surface area contributed by atoms with Gasteiger partial charge in [-0.3, -0.25) is 4.79 Å². The Balaban J connectivity index is 1.36. The van der Waals surface area contributed by atoms with Crippen LogP contribution in [0, 0.1) is 0 Å². The molecule has 1 saturated heterocycles. The van der Waals surface area contributed by atoms with Crippen LogP contribution >= 0.6 is 11.8 Å². The number of nitrogens with zero attached hydrogens (tertiary/aromatic N) is 3. The SMILES string of the molecule is CSc1cnc(-c2ccc(NC(=O)Nc3ccc(N4CCOCC4=O)cc3)cc2)nc1N. The Morgan fingerprint density at radius 3 is 2.34 bits per heavy atom. The van der Waals surface area contributed by atoms with E-state index >= 15 is 0 Å². The maximum absolute atomic E-state index is 12.3. The minimum Gasteiger partial charge on any atom is -0.383 e. The minimum absolute atomic E-state index is 0.0774. The van der Waals surface area contributed by atoms with Crippen molar-refractivity contribution in [2.24, 2.45) is 0 Å². The molecule has 1 fully saturated rings. The van der Waals surface area contributed by atoms with Crippen molar-refractivity contribution in [1.82, 2.24) is 9.97 Å². The zero-order valence-corrected chi connectivity index (χ0v) is 18.2. The summed E-state index contributed by atoms with van der Waals surface area (Å²) in [5.41, 5.74) is 8.73. The van der Waals surface area contributed by atoms with E-state index in [1.165, 1.54) is 11.8 Å². The average molecular weight is 451 g/mol. The zero-order valence-electron chi connectivity index (χ0n) is 17.4. The molecule has 0 bridgehead atoms. The summed E-state index contributed by atoms with van der Waals surface area (Å²) in [6, 6.07) is 13.9. The third-order valence-corrected chi connectivity index (χ3v) is 5.58. The predicted octanol–water partition coefficient (Wildman–Crippen LogP) is 3.45. The second-order valence-corrected chi connectivity index (χ2v) is 7.80. The second-order valence-electron chi connectivity index (χ2n) is 6.95. The lowest BCUT2D eigenvalue weighted by atomic mass is 10.2. The van der Waals surface area contributed by atoms with Crippen molar-refractivity contribution >= 4 is 46.6 Å². The van der Waals surface area contributed by atoms with Gasteiger partial charge in [0.15, 0.2) is 5.82 Å². The number of hydrogen-bond donors (Lipinski definition) is 3. The lowest BCUT2D eigenvalue weighted by Gasteiger charge is -2.26. The summed E-state index contributed by atoms with van der Waals surface area (Å²) in [6.45, 7) is 1.11. The summed E-state index contributed by atoms with van der Waals surface area (Å²) < 4.78 is 5.14. The van der Waals surface area contributed by atoms with Crippen LogP contribution in [0.4, 0.5) is 27.7 Å². The van der Waals surface area contributed by atoms with Crippen molar-refractivity contribution in [3.05, 3.63) is 54.7 Å². The van der Waals surface area contributed by atoms with Crippen molar-refractivity contribution in [1.29, 1.82) is 0 Å². The van der Waals surface area contributed by atoms with Gasteiger partial charge in [-0.15, -0.1) is 11.8 Å². The van der Waals surface area contributed by atoms with Gasteiger partial charge in [-0.05, 0) is 54.8 Å². The molecule has 3 amide bonds. The molecule has 10 heteroatoms. The Bertz CT molecular complexity index is 1120. The Kier molecular flexibility index (Phi) is 6.52. The molecular weight excluding hydrogens is 428 g/mol. The number of urea groups is 1. The molecule has 1 aliphatic heterocycles. The number of ether oxygens (including phenoxy) is 1. The Labute approximate surface area is 189 Å². The normalized spacial score (nSPS) is 13.7. The second kappa shape index (κ2) is 9.67. The largest absolute Gasteiger partial charge is 0.383 e. The van der Waals surface area contributed by atoms with Crippen molar-refractivity contribution in [2.75, 3.05) is 47.3 Å². The molecule has 0 atom stereocenters. The monoisotopic (exact) mass is 450 g/mol. The third-order valence-electron chi connectivity index (χ3n) is 4.83. The van der Waals surface area contributed by atoms with Gasteiger partial charge in [0, 0.05) is 35.4 Å². The van der Waals surface area contributed by atoms with Crippen LogP contribution in [0.3, 0.4) is 0 Å². The Morgan fingerprint density at radius 2 is 1.75 bits per heavy atom. The number of thioether (sulfide) groups is 1. The molecule has 0 radical (unpaired) electrons. The number of benzene rings is 2. The van der Waals surface area contributed by atoms with Crippen molar-refractivity contribution in [2.45, 2.75) is 4.90 Å². The van der Waals surface area contributed by atoms with Gasteiger partial charge in [0.05, 0.1) is 11.5 Å². The first-order valence-corrected chi connectivity index (χ1v) is 11.1. The summed E-state index contributed by atoms with van der Waals surface area (Å²) in [7, 11) is 0. The van der Waals surface area contributed by atoms with Crippen LogP contribution in [-0.2, 0) is 9.53 Å². The van der Waals surface area contributed by atoms with Crippen molar-refractivity contribution < 1.29 is 14.3 Å². The first-order chi connectivity index (χ1) is 15.5. The number of rotatable bonds is 5. The van der Waals surface area contributed by atoms with Gasteiger partial charge in [-0.25, -0.2) is 14.8 Å². The third kappa shape index (κ3) is 4.98. The Hall–Kier alpha value is -3.63. The topological polar surface area (TPSA) is 122 Å². The standard InChI is InChI=1S/C22H22N6O3S/c1-32-18-12-24-21(27-20(18)23)14-2-4-15(5-3-14)25-22(30)26-16-6-8-17(9-7-16)28-10-11-31-13-19(28)29/h2-9,12H,10-11,13H2,1H3,(H2,23,24,27)(H2,25,26,30). The highest BCUT2D eigenvalue weighted by atomic mass is 32.2. The van der Waals surface area contributed by atoms with Crippen molar-refractivity contribution in [3.63, 3.8) is 0 Å². The van der Waals surface area contributed by atoms with E-state index in [4.69, 9.17) is 10.5 Å². The number of aromatic nitrogens is 2. The van der Waals surface area contributed by atoms with E-state index in [1.807, 2.05) is 18.4 Å². The van der Waals surface area contributed by atoms with Gasteiger partial charge in [0.2, 0.25) is 0 Å². The molecule has 3 aromatic rings. The summed E-state index contributed by atoms with van der Waals surface area (Å²) >= 11 is 1.49. The fourth-order valence-electron chi connectivity index (χ4n) is 3.19. The van der Waals surface area contributed by atoms with Crippen LogP contribution in [0.2, 0.25) is 0 Å². The summed E-state index contributed by atoms with van der Waals surface area (Å²) in [6.07, 6.45) is 3.61. The molecule has 4 rings (SSSR count). The number of nitrogen functional groups attached to an aromatic ring is 1. The first kappa shape index (κ1) is 21.6. The molecule has 0 unspecified atom stereocenters. The molecule has 0 spiro atoms. The van der Waals surface area contributed by atoms with E-state index in [1.54, 1.807) is 47.5 Å². The van der Waals surface area contributed by atoms with Crippen LogP contribution in [0.5, 0.6) is 0 Å². The van der Waals surface area contributed by atoms with Crippen molar-refractivity contribution in [3.8, 4) is 11.4 Å². The average Bonchev–Trinajstić information content (AvgIpc) is 2.80. The molecule has 2 aromatic carbocycles. The molecule has 0 saturated carbocycles. The molecule has 32 heavy (non-hydrogen) atoms. The number of anilines is 4. The number of carbonyl (C=O) groups is 2. The smallest absolute Gasteiger partial charge is 0.323 e. The van der Waals surface area contributed by atoms with Gasteiger partial charge in [-0.1, -0.05) is 0 Å². The lowest BCUT2D eigenvalue weighted by molar-refractivity contribution is -0.125. The van der Waals surface area contributed by atoms with E-state index in [2.05, 4.69) is 20.6 Å². The maximum Gasteiger partial charge on any atom is 0.323 e. The van der Waals surface area contributed by atoms with Crippen LogP contribution in [0.1, 0.15) is 0 Å². The summed E-state index contributed by atoms with van der Waals surface area (Å²) in [5, 5.41) is 5.56. The highest BCUT2D eigenvalue weighted by Gasteiger charge is 2.20. The van der Waals surface area contributed by atoms with Gasteiger partial charge >= 0.3 is 6.03 Å². The van der Waals surface area contributed by atoms with Gasteiger partial charge in [-0.2, -0.15) is 0 Å². The highest BCUT2D eigenvalue weighted by Crippen LogP contribution is 2.24. The maximum atomic E-state index is 12.3. The van der Waals surface area contributed by atoms with Gasteiger partial charge < -0.3 is 26.0 Å². The number of morpholine rings is 1. The van der Waals surface area contributed by atoms with Crippen LogP contribution in [0.25, 0.3) is 11.4 Å². The number of hydrogen-bond acceptors (Lipinski definition) is 7. The summed E-state index contributed by atoms with van der Waals surface area (Å²) in [4.78, 5) is 35.4. The van der Waals surface area contributed by atoms with E-state index < -0.39 is 0 Å².